The summed E-state index contributed by atoms with van der Waals surface area (Å²) < 4.78 is 44.1. The summed E-state index contributed by atoms with van der Waals surface area (Å²) in [5, 5.41) is 6.18. The zero-order chi connectivity index (χ0) is 23.0. The van der Waals surface area contributed by atoms with Gasteiger partial charge in [-0.15, -0.1) is 37.1 Å². The number of hydrogen-bond donors (Lipinski definition) is 2. The highest BCUT2D eigenvalue weighted by Crippen LogP contribution is 2.26. The number of guanidine groups is 1. The molecule has 0 fully saturated rings. The van der Waals surface area contributed by atoms with Crippen molar-refractivity contribution in [1.29, 1.82) is 0 Å². The van der Waals surface area contributed by atoms with Gasteiger partial charge in [-0.05, 0) is 31.0 Å². The van der Waals surface area contributed by atoms with E-state index in [9.17, 15) is 13.2 Å². The summed E-state index contributed by atoms with van der Waals surface area (Å²) in [5.74, 6) is 1.22. The van der Waals surface area contributed by atoms with E-state index in [1.165, 1.54) is 12.1 Å². The average Bonchev–Trinajstić information content (AvgIpc) is 3.14. The Morgan fingerprint density at radius 2 is 1.85 bits per heavy atom. The molecule has 33 heavy (non-hydrogen) atoms. The molecule has 1 aromatic heterocycles. The minimum atomic E-state index is -4.74. The van der Waals surface area contributed by atoms with Gasteiger partial charge in [0.2, 0.25) is 0 Å². The highest BCUT2D eigenvalue weighted by atomic mass is 127. The molecule has 0 saturated heterocycles. The molecular weight excluding hydrogens is 546 g/mol. The van der Waals surface area contributed by atoms with Crippen LogP contribution < -0.4 is 15.4 Å². The summed E-state index contributed by atoms with van der Waals surface area (Å²) in [6, 6.07) is 14.1. The third-order valence-corrected chi connectivity index (χ3v) is 4.68. The van der Waals surface area contributed by atoms with Crippen LogP contribution >= 0.6 is 24.0 Å². The van der Waals surface area contributed by atoms with E-state index in [1.807, 2.05) is 38.2 Å². The van der Waals surface area contributed by atoms with Gasteiger partial charge in [-0.3, -0.25) is 0 Å². The van der Waals surface area contributed by atoms with Crippen LogP contribution in [-0.2, 0) is 19.6 Å². The first-order valence-corrected chi connectivity index (χ1v) is 10.3. The van der Waals surface area contributed by atoms with Gasteiger partial charge in [-0.25, -0.2) is 9.98 Å². The number of aromatic nitrogens is 2. The fourth-order valence-electron chi connectivity index (χ4n) is 3.16. The van der Waals surface area contributed by atoms with Crippen LogP contribution in [0.15, 0.2) is 65.9 Å². The predicted molar refractivity (Wildman–Crippen MR) is 133 cm³/mol. The van der Waals surface area contributed by atoms with Crippen molar-refractivity contribution in [2.75, 3.05) is 6.54 Å². The fraction of sp³-hybridized carbons (Fsp3) is 0.304. The number of alkyl halides is 3. The van der Waals surface area contributed by atoms with Crippen molar-refractivity contribution < 1.29 is 17.9 Å². The van der Waals surface area contributed by atoms with Gasteiger partial charge in [-0.1, -0.05) is 42.5 Å². The summed E-state index contributed by atoms with van der Waals surface area (Å²) in [7, 11) is 0. The molecule has 10 heteroatoms. The first kappa shape index (κ1) is 26.5. The molecule has 0 aliphatic carbocycles. The van der Waals surface area contributed by atoms with E-state index in [-0.39, 0.29) is 36.3 Å². The standard InChI is InChI=1S/C23H26F3N5O.HI/c1-3-27-22(30-15-20-9-4-5-10-21(20)32-23(24,25)26)29-14-18-7-6-8-19(13-18)16-31-12-11-28-17(31)2;/h4-13H,3,14-16H2,1-2H3,(H2,27,29,30);1H. The van der Waals surface area contributed by atoms with Crippen LogP contribution in [-0.4, -0.2) is 28.4 Å². The number of nitrogens with one attached hydrogen (secondary N) is 2. The molecule has 0 spiro atoms. The quantitative estimate of drug-likeness (QED) is 0.226. The van der Waals surface area contributed by atoms with Crippen LogP contribution in [0.2, 0.25) is 0 Å². The molecule has 0 radical (unpaired) electrons. The lowest BCUT2D eigenvalue weighted by Crippen LogP contribution is -2.37. The third-order valence-electron chi connectivity index (χ3n) is 4.68. The van der Waals surface area contributed by atoms with Crippen molar-refractivity contribution in [3.63, 3.8) is 0 Å². The number of nitrogens with zero attached hydrogens (tertiary/aromatic N) is 3. The Bertz CT molecular complexity index is 1050. The largest absolute Gasteiger partial charge is 0.573 e. The molecule has 6 nitrogen and oxygen atoms in total. The van der Waals surface area contributed by atoms with Gasteiger partial charge >= 0.3 is 6.36 Å². The van der Waals surface area contributed by atoms with Gasteiger partial charge in [0.05, 0.1) is 6.54 Å². The molecule has 0 saturated carbocycles. The molecule has 2 N–H and O–H groups in total. The van der Waals surface area contributed by atoms with Crippen molar-refractivity contribution in [3.05, 3.63) is 83.4 Å². The first-order chi connectivity index (χ1) is 15.3. The van der Waals surface area contributed by atoms with E-state index in [4.69, 9.17) is 0 Å². The van der Waals surface area contributed by atoms with Crippen LogP contribution in [0.5, 0.6) is 5.75 Å². The summed E-state index contributed by atoms with van der Waals surface area (Å²) in [5.41, 5.74) is 2.54. The molecule has 0 aliphatic rings. The van der Waals surface area contributed by atoms with E-state index in [0.717, 1.165) is 23.5 Å². The topological polar surface area (TPSA) is 63.5 Å². The molecule has 2 aromatic carbocycles. The maximum Gasteiger partial charge on any atom is 0.573 e. The number of rotatable bonds is 8. The number of ether oxygens (including phenoxy) is 1. The Hall–Kier alpha value is -2.76. The molecule has 3 aromatic rings. The Kier molecular flexibility index (Phi) is 10.0. The summed E-state index contributed by atoms with van der Waals surface area (Å²) >= 11 is 0. The first-order valence-electron chi connectivity index (χ1n) is 10.3. The lowest BCUT2D eigenvalue weighted by molar-refractivity contribution is -0.274. The minimum Gasteiger partial charge on any atom is -0.405 e. The highest BCUT2D eigenvalue weighted by molar-refractivity contribution is 14.0. The van der Waals surface area contributed by atoms with Crippen LogP contribution in [0.25, 0.3) is 0 Å². The Labute approximate surface area is 208 Å². The van der Waals surface area contributed by atoms with Gasteiger partial charge in [0.15, 0.2) is 5.96 Å². The van der Waals surface area contributed by atoms with Crippen molar-refractivity contribution in [2.45, 2.75) is 39.8 Å². The molecule has 0 aliphatic heterocycles. The SMILES string of the molecule is CCNC(=NCc1cccc(Cn2ccnc2C)c1)NCc1ccccc1OC(F)(F)F.I. The maximum atomic E-state index is 12.6. The normalized spacial score (nSPS) is 11.6. The Morgan fingerprint density at radius 1 is 1.09 bits per heavy atom. The van der Waals surface area contributed by atoms with Gasteiger partial charge in [-0.2, -0.15) is 0 Å². The number of para-hydroxylation sites is 1. The Balaban J connectivity index is 0.00000385. The molecule has 0 atom stereocenters. The lowest BCUT2D eigenvalue weighted by atomic mass is 10.1. The molecule has 1 heterocycles. The Morgan fingerprint density at radius 3 is 2.55 bits per heavy atom. The number of hydrogen-bond acceptors (Lipinski definition) is 3. The predicted octanol–water partition coefficient (Wildman–Crippen LogP) is 5.01. The number of benzene rings is 2. The number of imidazole rings is 1. The third kappa shape index (κ3) is 8.60. The summed E-state index contributed by atoms with van der Waals surface area (Å²) in [6.45, 7) is 5.78. The van der Waals surface area contributed by atoms with E-state index in [0.29, 0.717) is 24.6 Å². The average molecular weight is 573 g/mol. The van der Waals surface area contributed by atoms with E-state index < -0.39 is 6.36 Å². The van der Waals surface area contributed by atoms with Crippen molar-refractivity contribution in [1.82, 2.24) is 20.2 Å². The minimum absolute atomic E-state index is 0. The summed E-state index contributed by atoms with van der Waals surface area (Å²) in [4.78, 5) is 8.81. The maximum absolute atomic E-state index is 12.6. The van der Waals surface area contributed by atoms with E-state index in [2.05, 4.69) is 36.0 Å². The van der Waals surface area contributed by atoms with Gasteiger partial charge in [0.25, 0.3) is 0 Å². The van der Waals surface area contributed by atoms with E-state index >= 15 is 0 Å². The smallest absolute Gasteiger partial charge is 0.405 e. The zero-order valence-corrected chi connectivity index (χ0v) is 20.7. The number of aryl methyl sites for hydroxylation is 1. The van der Waals surface area contributed by atoms with Gasteiger partial charge in [0.1, 0.15) is 11.6 Å². The molecule has 0 bridgehead atoms. The highest BCUT2D eigenvalue weighted by Gasteiger charge is 2.31. The molecule has 3 rings (SSSR count). The van der Waals surface area contributed by atoms with E-state index in [1.54, 1.807) is 18.3 Å². The van der Waals surface area contributed by atoms with Crippen LogP contribution in [0, 0.1) is 6.92 Å². The number of halogens is 4. The van der Waals surface area contributed by atoms with Crippen LogP contribution in [0.4, 0.5) is 13.2 Å². The van der Waals surface area contributed by atoms with Crippen molar-refractivity contribution in [3.8, 4) is 5.75 Å². The molecule has 178 valence electrons. The zero-order valence-electron chi connectivity index (χ0n) is 18.4. The van der Waals surface area contributed by atoms with Crippen LogP contribution in [0.1, 0.15) is 29.4 Å². The molecule has 0 amide bonds. The fourth-order valence-corrected chi connectivity index (χ4v) is 3.16. The van der Waals surface area contributed by atoms with Gasteiger partial charge < -0.3 is 19.9 Å². The molecule has 0 unspecified atom stereocenters. The van der Waals surface area contributed by atoms with Gasteiger partial charge in [0, 0.05) is 37.6 Å². The van der Waals surface area contributed by atoms with Crippen LogP contribution in [0.3, 0.4) is 0 Å². The van der Waals surface area contributed by atoms with Crippen molar-refractivity contribution in [2.24, 2.45) is 4.99 Å². The second-order valence-corrected chi connectivity index (χ2v) is 7.13. The summed E-state index contributed by atoms with van der Waals surface area (Å²) in [6.07, 6.45) is -1.03. The lowest BCUT2D eigenvalue weighted by Gasteiger charge is -2.15. The monoisotopic (exact) mass is 573 g/mol. The second-order valence-electron chi connectivity index (χ2n) is 7.13. The second kappa shape index (κ2) is 12.5. The van der Waals surface area contributed by atoms with Crippen molar-refractivity contribution >= 4 is 29.9 Å². The molecular formula is C23H27F3IN5O. The number of aliphatic imine (C=N–C) groups is 1.